The van der Waals surface area contributed by atoms with Crippen LogP contribution in [0.2, 0.25) is 0 Å². The first kappa shape index (κ1) is 15.7. The van der Waals surface area contributed by atoms with Crippen molar-refractivity contribution in [1.29, 1.82) is 0 Å². The number of rotatable bonds is 5. The minimum atomic E-state index is 0.738. The monoisotopic (exact) mass is 320 g/mol. The van der Waals surface area contributed by atoms with Gasteiger partial charge < -0.3 is 4.74 Å². The van der Waals surface area contributed by atoms with Gasteiger partial charge in [-0.05, 0) is 66.5 Å². The standard InChI is InChI=1S/C23H28O/c1-2-8-18(7-1)15-19-9-5-13-22(16-19)24-23-14-6-12-21(17-23)20-10-3-4-11-20/h5-6,9,12-14,16-18,20H,1-4,7-8,10-11,15H2. The Morgan fingerprint density at radius 1 is 0.750 bits per heavy atom. The Hall–Kier alpha value is -1.76. The molecule has 0 spiro atoms. The fourth-order valence-electron chi connectivity index (χ4n) is 4.51. The fraction of sp³-hybridized carbons (Fsp3) is 0.478. The van der Waals surface area contributed by atoms with Crippen LogP contribution in [0.1, 0.15) is 68.4 Å². The van der Waals surface area contributed by atoms with E-state index in [9.17, 15) is 0 Å². The molecule has 24 heavy (non-hydrogen) atoms. The quantitative estimate of drug-likeness (QED) is 0.584. The zero-order valence-corrected chi connectivity index (χ0v) is 14.5. The Kier molecular flexibility index (Phi) is 4.87. The maximum atomic E-state index is 6.18. The van der Waals surface area contributed by atoms with Crippen LogP contribution in [0.25, 0.3) is 0 Å². The summed E-state index contributed by atoms with van der Waals surface area (Å²) in [6, 6.07) is 17.5. The smallest absolute Gasteiger partial charge is 0.127 e. The van der Waals surface area contributed by atoms with Crippen molar-refractivity contribution in [3.8, 4) is 11.5 Å². The number of hydrogen-bond donors (Lipinski definition) is 0. The van der Waals surface area contributed by atoms with Gasteiger partial charge in [0, 0.05) is 0 Å². The molecule has 0 aliphatic heterocycles. The van der Waals surface area contributed by atoms with Crippen molar-refractivity contribution >= 4 is 0 Å². The fourth-order valence-corrected chi connectivity index (χ4v) is 4.51. The molecular weight excluding hydrogens is 292 g/mol. The highest BCUT2D eigenvalue weighted by molar-refractivity contribution is 5.37. The predicted molar refractivity (Wildman–Crippen MR) is 99.8 cm³/mol. The Balaban J connectivity index is 1.45. The lowest BCUT2D eigenvalue weighted by Gasteiger charge is -2.13. The zero-order chi connectivity index (χ0) is 16.2. The number of ether oxygens (including phenoxy) is 1. The lowest BCUT2D eigenvalue weighted by atomic mass is 9.97. The normalized spacial score (nSPS) is 19.0. The molecule has 0 amide bonds. The van der Waals surface area contributed by atoms with Gasteiger partial charge in [-0.2, -0.15) is 0 Å². The second kappa shape index (κ2) is 7.42. The summed E-state index contributed by atoms with van der Waals surface area (Å²) >= 11 is 0. The van der Waals surface area contributed by atoms with E-state index in [2.05, 4.69) is 48.5 Å². The molecule has 0 atom stereocenters. The van der Waals surface area contributed by atoms with Gasteiger partial charge in [0.2, 0.25) is 0 Å². The van der Waals surface area contributed by atoms with Gasteiger partial charge in [-0.3, -0.25) is 0 Å². The van der Waals surface area contributed by atoms with E-state index in [0.29, 0.717) is 0 Å². The first-order valence-electron chi connectivity index (χ1n) is 9.73. The third-order valence-corrected chi connectivity index (χ3v) is 5.82. The van der Waals surface area contributed by atoms with Crippen molar-refractivity contribution in [2.45, 2.75) is 63.7 Å². The second-order valence-electron chi connectivity index (χ2n) is 7.66. The lowest BCUT2D eigenvalue weighted by molar-refractivity contribution is 0.478. The maximum Gasteiger partial charge on any atom is 0.127 e. The molecule has 0 unspecified atom stereocenters. The van der Waals surface area contributed by atoms with Gasteiger partial charge in [0.25, 0.3) is 0 Å². The topological polar surface area (TPSA) is 9.23 Å². The summed E-state index contributed by atoms with van der Waals surface area (Å²) in [5.41, 5.74) is 2.87. The van der Waals surface area contributed by atoms with E-state index in [1.165, 1.54) is 68.9 Å². The predicted octanol–water partition coefficient (Wildman–Crippen LogP) is 6.87. The van der Waals surface area contributed by atoms with Crippen molar-refractivity contribution in [2.24, 2.45) is 5.92 Å². The van der Waals surface area contributed by atoms with Gasteiger partial charge in [0.1, 0.15) is 11.5 Å². The van der Waals surface area contributed by atoms with E-state index in [1.54, 1.807) is 0 Å². The average Bonchev–Trinajstić information content (AvgIpc) is 3.29. The third kappa shape index (κ3) is 3.83. The molecule has 0 bridgehead atoms. The van der Waals surface area contributed by atoms with E-state index < -0.39 is 0 Å². The SMILES string of the molecule is c1cc(CC2CCCC2)cc(Oc2cccc(C3CCCC3)c2)c1. The largest absolute Gasteiger partial charge is 0.457 e. The molecule has 0 N–H and O–H groups in total. The molecule has 2 saturated carbocycles. The van der Waals surface area contributed by atoms with E-state index in [-0.39, 0.29) is 0 Å². The van der Waals surface area contributed by atoms with Gasteiger partial charge >= 0.3 is 0 Å². The summed E-state index contributed by atoms with van der Waals surface area (Å²) in [7, 11) is 0. The molecule has 0 saturated heterocycles. The molecule has 2 aromatic carbocycles. The van der Waals surface area contributed by atoms with Crippen molar-refractivity contribution in [3.63, 3.8) is 0 Å². The highest BCUT2D eigenvalue weighted by atomic mass is 16.5. The molecule has 0 aromatic heterocycles. The number of benzene rings is 2. The third-order valence-electron chi connectivity index (χ3n) is 5.82. The molecule has 126 valence electrons. The molecule has 1 heteroatoms. The molecule has 0 radical (unpaired) electrons. The molecule has 2 fully saturated rings. The lowest BCUT2D eigenvalue weighted by Crippen LogP contribution is -1.98. The Morgan fingerprint density at radius 3 is 2.21 bits per heavy atom. The van der Waals surface area contributed by atoms with Crippen LogP contribution in [0.15, 0.2) is 48.5 Å². The first-order valence-corrected chi connectivity index (χ1v) is 9.73. The van der Waals surface area contributed by atoms with Crippen LogP contribution >= 0.6 is 0 Å². The van der Waals surface area contributed by atoms with Gasteiger partial charge in [0.15, 0.2) is 0 Å². The Labute approximate surface area is 146 Å². The Bertz CT molecular complexity index is 663. The van der Waals surface area contributed by atoms with Crippen LogP contribution in [0, 0.1) is 5.92 Å². The van der Waals surface area contributed by atoms with Crippen LogP contribution in [0.5, 0.6) is 11.5 Å². The van der Waals surface area contributed by atoms with Crippen molar-refractivity contribution in [3.05, 3.63) is 59.7 Å². The summed E-state index contributed by atoms with van der Waals surface area (Å²) < 4.78 is 6.18. The maximum absolute atomic E-state index is 6.18. The Morgan fingerprint density at radius 2 is 1.42 bits per heavy atom. The zero-order valence-electron chi connectivity index (χ0n) is 14.5. The summed E-state index contributed by atoms with van der Waals surface area (Å²) in [5.74, 6) is 3.58. The molecule has 4 rings (SSSR count). The van der Waals surface area contributed by atoms with E-state index in [0.717, 1.165) is 23.3 Å². The summed E-state index contributed by atoms with van der Waals surface area (Å²) in [5, 5.41) is 0. The minimum absolute atomic E-state index is 0.738. The minimum Gasteiger partial charge on any atom is -0.457 e. The summed E-state index contributed by atoms with van der Waals surface area (Å²) in [6.45, 7) is 0. The molecular formula is C23H28O. The number of hydrogen-bond acceptors (Lipinski definition) is 1. The first-order chi connectivity index (χ1) is 11.9. The van der Waals surface area contributed by atoms with Crippen molar-refractivity contribution in [2.75, 3.05) is 0 Å². The van der Waals surface area contributed by atoms with Crippen molar-refractivity contribution < 1.29 is 4.74 Å². The molecule has 2 aliphatic carbocycles. The van der Waals surface area contributed by atoms with Gasteiger partial charge in [0.05, 0.1) is 0 Å². The molecule has 0 heterocycles. The van der Waals surface area contributed by atoms with Gasteiger partial charge in [-0.1, -0.05) is 62.8 Å². The van der Waals surface area contributed by atoms with Crippen LogP contribution < -0.4 is 4.74 Å². The van der Waals surface area contributed by atoms with E-state index >= 15 is 0 Å². The van der Waals surface area contributed by atoms with Crippen LogP contribution in [-0.2, 0) is 6.42 Å². The van der Waals surface area contributed by atoms with Crippen molar-refractivity contribution in [1.82, 2.24) is 0 Å². The van der Waals surface area contributed by atoms with Crippen LogP contribution in [-0.4, -0.2) is 0 Å². The average molecular weight is 320 g/mol. The summed E-state index contributed by atoms with van der Waals surface area (Å²) in [6.07, 6.45) is 12.2. The summed E-state index contributed by atoms with van der Waals surface area (Å²) in [4.78, 5) is 0. The highest BCUT2D eigenvalue weighted by Crippen LogP contribution is 2.36. The van der Waals surface area contributed by atoms with Gasteiger partial charge in [-0.25, -0.2) is 0 Å². The van der Waals surface area contributed by atoms with E-state index in [4.69, 9.17) is 4.74 Å². The van der Waals surface area contributed by atoms with Gasteiger partial charge in [-0.15, -0.1) is 0 Å². The van der Waals surface area contributed by atoms with E-state index in [1.807, 2.05) is 0 Å². The molecule has 1 nitrogen and oxygen atoms in total. The highest BCUT2D eigenvalue weighted by Gasteiger charge is 2.18. The van der Waals surface area contributed by atoms with Crippen LogP contribution in [0.3, 0.4) is 0 Å². The van der Waals surface area contributed by atoms with Crippen LogP contribution in [0.4, 0.5) is 0 Å². The molecule has 2 aromatic rings. The molecule has 2 aliphatic rings. The second-order valence-corrected chi connectivity index (χ2v) is 7.66.